The molecule has 0 aromatic heterocycles. The van der Waals surface area contributed by atoms with Crippen molar-refractivity contribution in [2.75, 3.05) is 0 Å². The fraction of sp³-hybridized carbons (Fsp3) is 0.455. The third-order valence-corrected chi connectivity index (χ3v) is 3.35. The Balaban J connectivity index is 1.99. The number of hydrogen-bond acceptors (Lipinski definition) is 1. The second-order valence-electron chi connectivity index (χ2n) is 4.16. The van der Waals surface area contributed by atoms with E-state index in [1.54, 1.807) is 12.1 Å². The highest BCUT2D eigenvalue weighted by molar-refractivity contribution is 9.10. The molecule has 0 unspecified atom stereocenters. The summed E-state index contributed by atoms with van der Waals surface area (Å²) in [5.41, 5.74) is 1.31. The molecule has 3 heteroatoms. The molecule has 0 aliphatic heterocycles. The summed E-state index contributed by atoms with van der Waals surface area (Å²) in [7, 11) is 0. The first-order valence-electron chi connectivity index (χ1n) is 4.78. The van der Waals surface area contributed by atoms with E-state index < -0.39 is 0 Å². The highest BCUT2D eigenvalue weighted by atomic mass is 79.9. The molecule has 1 aromatic rings. The highest BCUT2D eigenvalue weighted by Gasteiger charge is 2.36. The van der Waals surface area contributed by atoms with Gasteiger partial charge >= 0.3 is 0 Å². The van der Waals surface area contributed by atoms with Crippen LogP contribution in [0.5, 0.6) is 0 Å². The molecule has 14 heavy (non-hydrogen) atoms. The fourth-order valence-corrected chi connectivity index (χ4v) is 1.58. The van der Waals surface area contributed by atoms with Crippen LogP contribution < -0.4 is 5.32 Å². The van der Waals surface area contributed by atoms with Gasteiger partial charge in [0.15, 0.2) is 0 Å². The van der Waals surface area contributed by atoms with Crippen LogP contribution in [0.1, 0.15) is 25.3 Å². The first-order chi connectivity index (χ1) is 6.59. The van der Waals surface area contributed by atoms with E-state index in [-0.39, 0.29) is 5.82 Å². The monoisotopic (exact) mass is 257 g/mol. The van der Waals surface area contributed by atoms with E-state index in [1.165, 1.54) is 12.8 Å². The van der Waals surface area contributed by atoms with Gasteiger partial charge in [-0.3, -0.25) is 0 Å². The summed E-state index contributed by atoms with van der Waals surface area (Å²) in [6.07, 6.45) is 2.46. The number of benzene rings is 1. The minimum atomic E-state index is -0.190. The van der Waals surface area contributed by atoms with Gasteiger partial charge in [-0.05, 0) is 53.4 Å². The third kappa shape index (κ3) is 2.34. The maximum atomic E-state index is 13.1. The first kappa shape index (κ1) is 10.1. The van der Waals surface area contributed by atoms with Crippen LogP contribution in [0.25, 0.3) is 0 Å². The predicted octanol–water partition coefficient (Wildman–Crippen LogP) is 3.23. The number of halogens is 2. The topological polar surface area (TPSA) is 12.0 Å². The summed E-state index contributed by atoms with van der Waals surface area (Å²) in [6.45, 7) is 2.95. The molecular weight excluding hydrogens is 245 g/mol. The number of nitrogens with one attached hydrogen (secondary N) is 1. The molecule has 1 N–H and O–H groups in total. The zero-order valence-corrected chi connectivity index (χ0v) is 9.70. The SMILES string of the molecule is CC1(NCc2ccc(Br)c(F)c2)CC1. The molecule has 0 spiro atoms. The molecule has 76 valence electrons. The van der Waals surface area contributed by atoms with Crippen molar-refractivity contribution in [1.29, 1.82) is 0 Å². The predicted molar refractivity (Wildman–Crippen MR) is 58.6 cm³/mol. The molecular formula is C11H13BrFN. The molecule has 1 nitrogen and oxygen atoms in total. The van der Waals surface area contributed by atoms with Crippen LogP contribution in [0.15, 0.2) is 22.7 Å². The van der Waals surface area contributed by atoms with E-state index in [2.05, 4.69) is 28.2 Å². The van der Waals surface area contributed by atoms with Crippen LogP contribution in [0, 0.1) is 5.82 Å². The van der Waals surface area contributed by atoms with Crippen molar-refractivity contribution in [3.05, 3.63) is 34.1 Å². The Morgan fingerprint density at radius 3 is 2.79 bits per heavy atom. The molecule has 0 heterocycles. The largest absolute Gasteiger partial charge is 0.307 e. The summed E-state index contributed by atoms with van der Waals surface area (Å²) < 4.78 is 13.7. The van der Waals surface area contributed by atoms with Gasteiger partial charge in [-0.15, -0.1) is 0 Å². The maximum Gasteiger partial charge on any atom is 0.137 e. The van der Waals surface area contributed by atoms with Crippen molar-refractivity contribution >= 4 is 15.9 Å². The van der Waals surface area contributed by atoms with Gasteiger partial charge in [0.2, 0.25) is 0 Å². The first-order valence-corrected chi connectivity index (χ1v) is 5.57. The van der Waals surface area contributed by atoms with E-state index in [0.717, 1.165) is 12.1 Å². The third-order valence-electron chi connectivity index (χ3n) is 2.70. The Morgan fingerprint density at radius 2 is 2.21 bits per heavy atom. The van der Waals surface area contributed by atoms with Crippen molar-refractivity contribution in [3.8, 4) is 0 Å². The molecule has 1 aliphatic rings. The fourth-order valence-electron chi connectivity index (χ4n) is 1.33. The second-order valence-corrected chi connectivity index (χ2v) is 5.02. The quantitative estimate of drug-likeness (QED) is 0.877. The molecule has 0 atom stereocenters. The normalized spacial score (nSPS) is 18.2. The zero-order valence-electron chi connectivity index (χ0n) is 8.11. The van der Waals surface area contributed by atoms with Crippen molar-refractivity contribution in [2.45, 2.75) is 31.8 Å². The zero-order chi connectivity index (χ0) is 10.2. The Hall–Kier alpha value is -0.410. The Bertz CT molecular complexity index is 347. The molecule has 1 saturated carbocycles. The van der Waals surface area contributed by atoms with Gasteiger partial charge in [0.1, 0.15) is 5.82 Å². The molecule has 2 rings (SSSR count). The molecule has 0 saturated heterocycles. The van der Waals surface area contributed by atoms with Gasteiger partial charge in [-0.2, -0.15) is 0 Å². The van der Waals surface area contributed by atoms with Crippen molar-refractivity contribution in [1.82, 2.24) is 5.32 Å². The van der Waals surface area contributed by atoms with Crippen LogP contribution in [-0.4, -0.2) is 5.54 Å². The summed E-state index contributed by atoms with van der Waals surface area (Å²) >= 11 is 3.14. The maximum absolute atomic E-state index is 13.1. The number of rotatable bonds is 3. The van der Waals surface area contributed by atoms with E-state index in [9.17, 15) is 4.39 Å². The van der Waals surface area contributed by atoms with Crippen molar-refractivity contribution < 1.29 is 4.39 Å². The number of hydrogen-bond donors (Lipinski definition) is 1. The molecule has 0 bridgehead atoms. The summed E-state index contributed by atoms with van der Waals surface area (Å²) in [4.78, 5) is 0. The minimum absolute atomic E-state index is 0.190. The Labute approximate surface area is 91.8 Å². The lowest BCUT2D eigenvalue weighted by atomic mass is 10.2. The standard InChI is InChI=1S/C11H13BrFN/c1-11(4-5-11)14-7-8-2-3-9(12)10(13)6-8/h2-3,6,14H,4-5,7H2,1H3. The lowest BCUT2D eigenvalue weighted by Crippen LogP contribution is -2.26. The molecule has 1 aromatic carbocycles. The van der Waals surface area contributed by atoms with Gasteiger partial charge in [-0.1, -0.05) is 6.07 Å². The molecule has 0 radical (unpaired) electrons. The smallest absolute Gasteiger partial charge is 0.137 e. The van der Waals surface area contributed by atoms with E-state index in [0.29, 0.717) is 10.0 Å². The Morgan fingerprint density at radius 1 is 1.50 bits per heavy atom. The average Bonchev–Trinajstić information content (AvgIpc) is 2.87. The van der Waals surface area contributed by atoms with Crippen LogP contribution in [0.4, 0.5) is 4.39 Å². The van der Waals surface area contributed by atoms with E-state index in [1.807, 2.05) is 6.07 Å². The van der Waals surface area contributed by atoms with Crippen LogP contribution in [0.2, 0.25) is 0 Å². The highest BCUT2D eigenvalue weighted by Crippen LogP contribution is 2.34. The van der Waals surface area contributed by atoms with Gasteiger partial charge in [-0.25, -0.2) is 4.39 Å². The van der Waals surface area contributed by atoms with Crippen LogP contribution in [-0.2, 0) is 6.54 Å². The molecule has 1 fully saturated rings. The van der Waals surface area contributed by atoms with E-state index >= 15 is 0 Å². The summed E-state index contributed by atoms with van der Waals surface area (Å²) in [6, 6.07) is 5.26. The lowest BCUT2D eigenvalue weighted by molar-refractivity contribution is 0.534. The average molecular weight is 258 g/mol. The van der Waals surface area contributed by atoms with Crippen molar-refractivity contribution in [2.24, 2.45) is 0 Å². The molecule has 1 aliphatic carbocycles. The van der Waals surface area contributed by atoms with Crippen LogP contribution in [0.3, 0.4) is 0 Å². The van der Waals surface area contributed by atoms with Crippen LogP contribution >= 0.6 is 15.9 Å². The minimum Gasteiger partial charge on any atom is -0.307 e. The van der Waals surface area contributed by atoms with Gasteiger partial charge in [0.25, 0.3) is 0 Å². The van der Waals surface area contributed by atoms with Gasteiger partial charge in [0.05, 0.1) is 4.47 Å². The Kier molecular flexibility index (Phi) is 2.62. The second kappa shape index (κ2) is 3.63. The molecule has 0 amide bonds. The lowest BCUT2D eigenvalue weighted by Gasteiger charge is -2.11. The van der Waals surface area contributed by atoms with Gasteiger partial charge < -0.3 is 5.32 Å². The summed E-state index contributed by atoms with van der Waals surface area (Å²) in [5.74, 6) is -0.190. The van der Waals surface area contributed by atoms with Gasteiger partial charge in [0, 0.05) is 12.1 Å². The van der Waals surface area contributed by atoms with Crippen molar-refractivity contribution in [3.63, 3.8) is 0 Å². The van der Waals surface area contributed by atoms with E-state index in [4.69, 9.17) is 0 Å². The summed E-state index contributed by atoms with van der Waals surface area (Å²) in [5, 5.41) is 3.41.